The number of aromatic nitrogens is 1. The van der Waals surface area contributed by atoms with Crippen LogP contribution < -0.4 is 31.8 Å². The van der Waals surface area contributed by atoms with E-state index in [4.69, 9.17) is 9.15 Å². The Labute approximate surface area is 218 Å². The molecule has 3 amide bonds. The molecular weight excluding hydrogens is 492 g/mol. The molecule has 0 bridgehead atoms. The van der Waals surface area contributed by atoms with Crippen LogP contribution in [-0.4, -0.2) is 53.2 Å². The van der Waals surface area contributed by atoms with Crippen molar-refractivity contribution in [2.24, 2.45) is 5.10 Å². The zero-order chi connectivity index (χ0) is 27.1. The van der Waals surface area contributed by atoms with Gasteiger partial charge in [-0.1, -0.05) is 12.1 Å². The highest BCUT2D eigenvalue weighted by Gasteiger charge is 2.25. The zero-order valence-electron chi connectivity index (χ0n) is 21.1. The number of hydrazone groups is 1. The molecule has 0 aliphatic carbocycles. The number of nitrogens with zero attached hydrogens (tertiary/aromatic N) is 3. The van der Waals surface area contributed by atoms with Crippen LogP contribution in [0.25, 0.3) is 11.3 Å². The second-order valence-electron chi connectivity index (χ2n) is 9.09. The maximum atomic E-state index is 12.6. The van der Waals surface area contributed by atoms with E-state index in [2.05, 4.69) is 37.1 Å². The SMILES string of the molecule is COc1cc(NC(=O)C(=O)NC(C)(C)Cc2ccc(NC(=O)CN3C=NNN3)cc2)ccc1-c1cnco1. The molecule has 4 rings (SSSR count). The van der Waals surface area contributed by atoms with Crippen molar-refractivity contribution < 1.29 is 23.5 Å². The van der Waals surface area contributed by atoms with Gasteiger partial charge in [0.05, 0.1) is 18.9 Å². The monoisotopic (exact) mass is 520 g/mol. The molecule has 13 nitrogen and oxygen atoms in total. The number of oxazole rings is 1. The van der Waals surface area contributed by atoms with Crippen molar-refractivity contribution in [3.05, 3.63) is 60.6 Å². The number of hydrogen-bond acceptors (Lipinski definition) is 10. The third kappa shape index (κ3) is 6.85. The van der Waals surface area contributed by atoms with Crippen LogP contribution in [0.1, 0.15) is 19.4 Å². The first kappa shape index (κ1) is 26.2. The molecule has 2 aromatic carbocycles. The summed E-state index contributed by atoms with van der Waals surface area (Å²) in [5, 5.41) is 13.4. The smallest absolute Gasteiger partial charge is 0.313 e. The minimum Gasteiger partial charge on any atom is -0.496 e. The summed E-state index contributed by atoms with van der Waals surface area (Å²) in [6, 6.07) is 12.2. The van der Waals surface area contributed by atoms with Gasteiger partial charge in [0, 0.05) is 23.0 Å². The van der Waals surface area contributed by atoms with Crippen molar-refractivity contribution in [1.82, 2.24) is 26.4 Å². The zero-order valence-corrected chi connectivity index (χ0v) is 21.1. The number of methoxy groups -OCH3 is 1. The molecule has 38 heavy (non-hydrogen) atoms. The third-order valence-electron chi connectivity index (χ3n) is 5.47. The molecule has 1 aliphatic heterocycles. The predicted molar refractivity (Wildman–Crippen MR) is 140 cm³/mol. The molecule has 1 aliphatic rings. The van der Waals surface area contributed by atoms with Gasteiger partial charge < -0.3 is 25.1 Å². The highest BCUT2D eigenvalue weighted by Crippen LogP contribution is 2.32. The topological polar surface area (TPSA) is 162 Å². The summed E-state index contributed by atoms with van der Waals surface area (Å²) in [7, 11) is 1.50. The summed E-state index contributed by atoms with van der Waals surface area (Å²) < 4.78 is 10.7. The highest BCUT2D eigenvalue weighted by atomic mass is 16.5. The van der Waals surface area contributed by atoms with Gasteiger partial charge in [-0.05, 0) is 50.1 Å². The van der Waals surface area contributed by atoms with Crippen molar-refractivity contribution in [1.29, 1.82) is 0 Å². The van der Waals surface area contributed by atoms with E-state index in [0.29, 0.717) is 34.9 Å². The molecule has 5 N–H and O–H groups in total. The molecule has 13 heteroatoms. The largest absolute Gasteiger partial charge is 0.496 e. The number of benzene rings is 2. The summed E-state index contributed by atoms with van der Waals surface area (Å²) in [5.74, 6) is -0.826. The van der Waals surface area contributed by atoms with Crippen molar-refractivity contribution in [2.75, 3.05) is 24.3 Å². The van der Waals surface area contributed by atoms with E-state index in [9.17, 15) is 14.4 Å². The van der Waals surface area contributed by atoms with Crippen molar-refractivity contribution in [3.63, 3.8) is 0 Å². The van der Waals surface area contributed by atoms with Gasteiger partial charge in [0.1, 0.15) is 18.6 Å². The molecule has 0 radical (unpaired) electrons. The van der Waals surface area contributed by atoms with Gasteiger partial charge in [-0.15, -0.1) is 5.53 Å². The van der Waals surface area contributed by atoms with E-state index in [1.54, 1.807) is 36.5 Å². The van der Waals surface area contributed by atoms with Crippen LogP contribution >= 0.6 is 0 Å². The van der Waals surface area contributed by atoms with Crippen LogP contribution in [0.15, 0.2) is 64.6 Å². The summed E-state index contributed by atoms with van der Waals surface area (Å²) in [6.45, 7) is 3.72. The van der Waals surface area contributed by atoms with E-state index in [1.807, 2.05) is 26.0 Å². The molecular formula is C25H28N8O5. The standard InChI is InChI=1S/C25H28N8O5/c1-25(2,11-16-4-6-17(7-5-16)28-22(34)13-33-14-27-31-32-33)30-24(36)23(35)29-18-8-9-19(20(10-18)37-3)21-12-26-15-38-21/h4-10,12,14-15,31-32H,11,13H2,1-3H3,(H,28,34)(H,29,35)(H,30,36). The lowest BCUT2D eigenvalue weighted by molar-refractivity contribution is -0.137. The number of carbonyl (C=O) groups excluding carboxylic acids is 3. The Morgan fingerprint density at radius 3 is 2.47 bits per heavy atom. The Morgan fingerprint density at radius 2 is 1.82 bits per heavy atom. The van der Waals surface area contributed by atoms with Crippen LogP contribution in [0, 0.1) is 0 Å². The van der Waals surface area contributed by atoms with Crippen molar-refractivity contribution in [3.8, 4) is 17.1 Å². The number of anilines is 2. The summed E-state index contributed by atoms with van der Waals surface area (Å²) >= 11 is 0. The number of carbonyl (C=O) groups is 3. The van der Waals surface area contributed by atoms with Gasteiger partial charge in [-0.3, -0.25) is 19.4 Å². The molecule has 1 aromatic heterocycles. The Balaban J connectivity index is 1.30. The number of nitrogens with one attached hydrogen (secondary N) is 5. The van der Waals surface area contributed by atoms with Gasteiger partial charge in [0.15, 0.2) is 12.2 Å². The first-order valence-corrected chi connectivity index (χ1v) is 11.6. The Kier molecular flexibility index (Phi) is 7.87. The average molecular weight is 521 g/mol. The fourth-order valence-corrected chi connectivity index (χ4v) is 3.79. The van der Waals surface area contributed by atoms with E-state index in [0.717, 1.165) is 5.56 Å². The normalized spacial score (nSPS) is 12.6. The van der Waals surface area contributed by atoms with Gasteiger partial charge in [0.25, 0.3) is 0 Å². The van der Waals surface area contributed by atoms with E-state index < -0.39 is 17.4 Å². The number of rotatable bonds is 9. The van der Waals surface area contributed by atoms with Crippen molar-refractivity contribution >= 4 is 35.4 Å². The lowest BCUT2D eigenvalue weighted by Crippen LogP contribution is -2.49. The predicted octanol–water partition coefficient (Wildman–Crippen LogP) is 1.63. The highest BCUT2D eigenvalue weighted by molar-refractivity contribution is 6.39. The van der Waals surface area contributed by atoms with Crippen LogP contribution in [0.4, 0.5) is 11.4 Å². The fourth-order valence-electron chi connectivity index (χ4n) is 3.79. The molecule has 0 saturated carbocycles. The van der Waals surface area contributed by atoms with Gasteiger partial charge in [-0.2, -0.15) is 5.10 Å². The Bertz CT molecular complexity index is 1320. The first-order valence-electron chi connectivity index (χ1n) is 11.6. The first-order chi connectivity index (χ1) is 18.2. The Hall–Kier alpha value is -4.91. The fraction of sp³-hybridized carbons (Fsp3) is 0.240. The lowest BCUT2D eigenvalue weighted by Gasteiger charge is -2.26. The van der Waals surface area contributed by atoms with Crippen LogP contribution in [0.2, 0.25) is 0 Å². The van der Waals surface area contributed by atoms with Crippen LogP contribution in [0.3, 0.4) is 0 Å². The summed E-state index contributed by atoms with van der Waals surface area (Å²) in [6.07, 6.45) is 4.79. The molecule has 0 saturated heterocycles. The van der Waals surface area contributed by atoms with E-state index in [-0.39, 0.29) is 12.5 Å². The second-order valence-corrected chi connectivity index (χ2v) is 9.09. The van der Waals surface area contributed by atoms with Crippen LogP contribution in [-0.2, 0) is 20.8 Å². The van der Waals surface area contributed by atoms with E-state index >= 15 is 0 Å². The molecule has 3 aromatic rings. The number of hydrogen-bond donors (Lipinski definition) is 5. The minimum absolute atomic E-state index is 0.0811. The molecule has 0 atom stereocenters. The quantitative estimate of drug-likeness (QED) is 0.264. The molecule has 0 fully saturated rings. The van der Waals surface area contributed by atoms with Gasteiger partial charge in [0.2, 0.25) is 5.91 Å². The number of amides is 3. The average Bonchev–Trinajstić information content (AvgIpc) is 3.59. The molecule has 2 heterocycles. The molecule has 0 unspecified atom stereocenters. The minimum atomic E-state index is -0.807. The van der Waals surface area contributed by atoms with Crippen LogP contribution in [0.5, 0.6) is 5.75 Å². The Morgan fingerprint density at radius 1 is 1.05 bits per heavy atom. The summed E-state index contributed by atoms with van der Waals surface area (Å²) in [4.78, 5) is 41.2. The molecule has 198 valence electrons. The summed E-state index contributed by atoms with van der Waals surface area (Å²) in [5.41, 5.74) is 7.08. The van der Waals surface area contributed by atoms with E-state index in [1.165, 1.54) is 24.9 Å². The van der Waals surface area contributed by atoms with Gasteiger partial charge in [-0.25, -0.2) is 10.5 Å². The van der Waals surface area contributed by atoms with Crippen molar-refractivity contribution in [2.45, 2.75) is 25.8 Å². The number of ether oxygens (including phenoxy) is 1. The number of hydrazine groups is 2. The van der Waals surface area contributed by atoms with Gasteiger partial charge >= 0.3 is 11.8 Å². The lowest BCUT2D eigenvalue weighted by atomic mass is 9.94. The maximum absolute atomic E-state index is 12.6. The third-order valence-corrected chi connectivity index (χ3v) is 5.47. The maximum Gasteiger partial charge on any atom is 0.313 e. The molecule has 0 spiro atoms. The second kappa shape index (κ2) is 11.4.